The number of aromatic nitrogens is 1. The molecule has 0 saturated carbocycles. The number of amides is 2. The number of fused-ring (bicyclic) bond motifs is 1. The van der Waals surface area contributed by atoms with E-state index in [2.05, 4.69) is 15.6 Å². The third-order valence-corrected chi connectivity index (χ3v) is 4.97. The summed E-state index contributed by atoms with van der Waals surface area (Å²) < 4.78 is 6.51. The molecule has 0 bridgehead atoms. The number of rotatable bonds is 5. The van der Waals surface area contributed by atoms with Gasteiger partial charge in [-0.25, -0.2) is 9.78 Å². The summed E-state index contributed by atoms with van der Waals surface area (Å²) in [5.41, 5.74) is 3.04. The van der Waals surface area contributed by atoms with E-state index in [1.807, 2.05) is 56.3 Å². The first-order valence-electron chi connectivity index (χ1n) is 8.10. The number of hydrogen-bond donors (Lipinski definition) is 2. The molecule has 2 amide bonds. The lowest BCUT2D eigenvalue weighted by Crippen LogP contribution is -2.36. The number of urea groups is 1. The lowest BCUT2D eigenvalue weighted by Gasteiger charge is -2.18. The van der Waals surface area contributed by atoms with Crippen molar-refractivity contribution in [1.29, 1.82) is 0 Å². The van der Waals surface area contributed by atoms with Gasteiger partial charge in [0.15, 0.2) is 0 Å². The van der Waals surface area contributed by atoms with Crippen LogP contribution in [-0.2, 0) is 6.54 Å². The molecule has 0 spiro atoms. The van der Waals surface area contributed by atoms with Crippen molar-refractivity contribution in [2.24, 2.45) is 0 Å². The van der Waals surface area contributed by atoms with Gasteiger partial charge in [0.25, 0.3) is 0 Å². The lowest BCUT2D eigenvalue weighted by molar-refractivity contribution is 0.237. The Hall–Kier alpha value is -2.60. The molecule has 1 atom stereocenters. The van der Waals surface area contributed by atoms with Crippen molar-refractivity contribution in [3.63, 3.8) is 0 Å². The summed E-state index contributed by atoms with van der Waals surface area (Å²) in [5, 5.41) is 6.70. The molecule has 2 N–H and O–H groups in total. The summed E-state index contributed by atoms with van der Waals surface area (Å²) in [6, 6.07) is 13.5. The molecule has 0 aliphatic heterocycles. The molecule has 0 fully saturated rings. The molecule has 5 nitrogen and oxygen atoms in total. The van der Waals surface area contributed by atoms with E-state index in [0.717, 1.165) is 32.1 Å². The highest BCUT2D eigenvalue weighted by Gasteiger charge is 2.14. The summed E-state index contributed by atoms with van der Waals surface area (Å²) in [6.45, 7) is 4.36. The number of nitrogens with one attached hydrogen (secondary N) is 2. The average molecular weight is 355 g/mol. The van der Waals surface area contributed by atoms with Crippen molar-refractivity contribution in [2.45, 2.75) is 26.4 Å². The van der Waals surface area contributed by atoms with Gasteiger partial charge in [0, 0.05) is 5.56 Å². The van der Waals surface area contributed by atoms with Crippen LogP contribution in [0.15, 0.2) is 42.5 Å². The van der Waals surface area contributed by atoms with Crippen molar-refractivity contribution in [1.82, 2.24) is 15.6 Å². The van der Waals surface area contributed by atoms with E-state index in [9.17, 15) is 4.79 Å². The second-order valence-electron chi connectivity index (χ2n) is 5.87. The SMILES string of the molecule is COc1ccc(C)cc1C(C)NC(=O)NCc1nc2ccccc2s1. The Kier molecular flexibility index (Phi) is 5.19. The van der Waals surface area contributed by atoms with Crippen LogP contribution in [0.5, 0.6) is 5.75 Å². The minimum absolute atomic E-state index is 0.162. The fourth-order valence-corrected chi connectivity index (χ4v) is 3.58. The molecule has 1 heterocycles. The van der Waals surface area contributed by atoms with Gasteiger partial charge in [0.2, 0.25) is 0 Å². The van der Waals surface area contributed by atoms with E-state index in [0.29, 0.717) is 6.54 Å². The topological polar surface area (TPSA) is 63.2 Å². The Bertz CT molecular complexity index is 858. The molecule has 0 aliphatic rings. The van der Waals surface area contributed by atoms with Crippen LogP contribution in [0.2, 0.25) is 0 Å². The van der Waals surface area contributed by atoms with E-state index in [4.69, 9.17) is 4.74 Å². The first-order chi connectivity index (χ1) is 12.1. The molecule has 3 aromatic rings. The number of para-hydroxylation sites is 1. The number of hydrogen-bond acceptors (Lipinski definition) is 4. The second kappa shape index (κ2) is 7.53. The molecule has 0 radical (unpaired) electrons. The first-order valence-corrected chi connectivity index (χ1v) is 8.92. The highest BCUT2D eigenvalue weighted by Crippen LogP contribution is 2.26. The number of carbonyl (C=O) groups excluding carboxylic acids is 1. The number of thiazole rings is 1. The van der Waals surface area contributed by atoms with Gasteiger partial charge >= 0.3 is 6.03 Å². The van der Waals surface area contributed by atoms with Crippen molar-refractivity contribution >= 4 is 27.6 Å². The maximum absolute atomic E-state index is 12.2. The number of ether oxygens (including phenoxy) is 1. The minimum Gasteiger partial charge on any atom is -0.496 e. The number of benzene rings is 2. The molecular formula is C19H21N3O2S. The normalized spacial score (nSPS) is 12.0. The van der Waals surface area contributed by atoms with Gasteiger partial charge in [-0.3, -0.25) is 0 Å². The Morgan fingerprint density at radius 3 is 2.84 bits per heavy atom. The van der Waals surface area contributed by atoms with Gasteiger partial charge in [0.05, 0.1) is 29.9 Å². The summed E-state index contributed by atoms with van der Waals surface area (Å²) >= 11 is 1.59. The number of carbonyl (C=O) groups is 1. The van der Waals surface area contributed by atoms with E-state index in [-0.39, 0.29) is 12.1 Å². The molecule has 1 aromatic heterocycles. The number of aryl methyl sites for hydroxylation is 1. The van der Waals surface area contributed by atoms with Crippen molar-refractivity contribution < 1.29 is 9.53 Å². The summed E-state index contributed by atoms with van der Waals surface area (Å²) in [7, 11) is 1.63. The molecule has 3 rings (SSSR count). The predicted molar refractivity (Wildman–Crippen MR) is 101 cm³/mol. The van der Waals surface area contributed by atoms with Gasteiger partial charge in [0.1, 0.15) is 10.8 Å². The molecule has 2 aromatic carbocycles. The molecule has 130 valence electrons. The van der Waals surface area contributed by atoms with E-state index in [1.165, 1.54) is 0 Å². The van der Waals surface area contributed by atoms with Crippen LogP contribution in [0.3, 0.4) is 0 Å². The predicted octanol–water partition coefficient (Wildman–Crippen LogP) is 4.17. The smallest absolute Gasteiger partial charge is 0.315 e. The van der Waals surface area contributed by atoms with Crippen LogP contribution in [0, 0.1) is 6.92 Å². The number of methoxy groups -OCH3 is 1. The highest BCUT2D eigenvalue weighted by atomic mass is 32.1. The molecule has 25 heavy (non-hydrogen) atoms. The maximum atomic E-state index is 12.2. The fraction of sp³-hybridized carbons (Fsp3) is 0.263. The molecular weight excluding hydrogens is 334 g/mol. The van der Waals surface area contributed by atoms with Gasteiger partial charge in [-0.2, -0.15) is 0 Å². The Morgan fingerprint density at radius 2 is 2.08 bits per heavy atom. The van der Waals surface area contributed by atoms with Crippen molar-refractivity contribution in [3.8, 4) is 5.75 Å². The quantitative estimate of drug-likeness (QED) is 0.722. The van der Waals surface area contributed by atoms with Crippen molar-refractivity contribution in [3.05, 3.63) is 58.6 Å². The zero-order valence-electron chi connectivity index (χ0n) is 14.5. The highest BCUT2D eigenvalue weighted by molar-refractivity contribution is 7.18. The number of nitrogens with zero attached hydrogens (tertiary/aromatic N) is 1. The van der Waals surface area contributed by atoms with Crippen LogP contribution < -0.4 is 15.4 Å². The maximum Gasteiger partial charge on any atom is 0.315 e. The van der Waals surface area contributed by atoms with E-state index in [1.54, 1.807) is 18.4 Å². The molecule has 0 aliphatic carbocycles. The fourth-order valence-electron chi connectivity index (χ4n) is 2.67. The van der Waals surface area contributed by atoms with Crippen LogP contribution in [0.4, 0.5) is 4.79 Å². The Morgan fingerprint density at radius 1 is 1.28 bits per heavy atom. The summed E-state index contributed by atoms with van der Waals surface area (Å²) in [4.78, 5) is 16.7. The van der Waals surface area contributed by atoms with E-state index >= 15 is 0 Å². The monoisotopic (exact) mass is 355 g/mol. The Labute approximate surface area is 151 Å². The second-order valence-corrected chi connectivity index (χ2v) is 6.98. The minimum atomic E-state index is -0.227. The molecule has 1 unspecified atom stereocenters. The first kappa shape index (κ1) is 17.2. The van der Waals surface area contributed by atoms with Crippen LogP contribution >= 0.6 is 11.3 Å². The largest absolute Gasteiger partial charge is 0.496 e. The zero-order chi connectivity index (χ0) is 17.8. The Balaban J connectivity index is 1.61. The third-order valence-electron chi connectivity index (χ3n) is 3.94. The van der Waals surface area contributed by atoms with Gasteiger partial charge in [-0.05, 0) is 32.0 Å². The molecule has 0 saturated heterocycles. The summed E-state index contributed by atoms with van der Waals surface area (Å²) in [6.07, 6.45) is 0. The zero-order valence-corrected chi connectivity index (χ0v) is 15.3. The van der Waals surface area contributed by atoms with Gasteiger partial charge in [-0.1, -0.05) is 29.8 Å². The molecule has 6 heteroatoms. The van der Waals surface area contributed by atoms with Crippen LogP contribution in [-0.4, -0.2) is 18.1 Å². The van der Waals surface area contributed by atoms with Gasteiger partial charge in [-0.15, -0.1) is 11.3 Å². The average Bonchev–Trinajstić information content (AvgIpc) is 3.03. The van der Waals surface area contributed by atoms with Crippen LogP contribution in [0.1, 0.15) is 29.1 Å². The van der Waals surface area contributed by atoms with Crippen molar-refractivity contribution in [2.75, 3.05) is 7.11 Å². The van der Waals surface area contributed by atoms with Gasteiger partial charge < -0.3 is 15.4 Å². The van der Waals surface area contributed by atoms with Crippen LogP contribution in [0.25, 0.3) is 10.2 Å². The summed E-state index contributed by atoms with van der Waals surface area (Å²) in [5.74, 6) is 0.768. The van der Waals surface area contributed by atoms with E-state index < -0.39 is 0 Å². The lowest BCUT2D eigenvalue weighted by atomic mass is 10.0. The third kappa shape index (κ3) is 4.09. The standard InChI is InChI=1S/C19H21N3O2S/c1-12-8-9-16(24-3)14(10-12)13(2)21-19(23)20-11-18-22-15-6-4-5-7-17(15)25-18/h4-10,13H,11H2,1-3H3,(H2,20,21,23).